The molecule has 0 aromatic heterocycles. The Bertz CT molecular complexity index is 723. The Morgan fingerprint density at radius 1 is 1.24 bits per heavy atom. The quantitative estimate of drug-likeness (QED) is 0.736. The second-order valence-electron chi connectivity index (χ2n) is 11.0. The maximum atomic E-state index is 13.3. The molecule has 2 N–H and O–H groups in total. The number of hydrogen-bond donors (Lipinski definition) is 1. The van der Waals surface area contributed by atoms with Crippen molar-refractivity contribution in [3.63, 3.8) is 0 Å². The van der Waals surface area contributed by atoms with E-state index in [1.54, 1.807) is 9.80 Å². The standard InChI is InChI=1S/C22H34N4O3/c1-20(2,3)29-19(28)26(13-18(27)25-7-5-6-17(25)24-4)22-11-15-8-16(12-22)10-21(23,9-15)14-22/h15-17H,5-14,23H2,1-3H3/t15?,16?,17-,21?,22?/m0/s1. The summed E-state index contributed by atoms with van der Waals surface area (Å²) >= 11 is 0. The smallest absolute Gasteiger partial charge is 0.411 e. The van der Waals surface area contributed by atoms with Crippen LogP contribution >= 0.6 is 0 Å². The molecule has 4 bridgehead atoms. The first kappa shape index (κ1) is 20.5. The molecule has 5 rings (SSSR count). The number of hydrogen-bond acceptors (Lipinski definition) is 4. The fourth-order valence-corrected chi connectivity index (χ4v) is 6.74. The molecule has 4 aliphatic carbocycles. The third kappa shape index (κ3) is 3.84. The van der Waals surface area contributed by atoms with E-state index in [0.29, 0.717) is 24.8 Å². The average Bonchev–Trinajstić information content (AvgIpc) is 3.04. The van der Waals surface area contributed by atoms with E-state index in [-0.39, 0.29) is 18.0 Å². The molecule has 7 nitrogen and oxygen atoms in total. The number of likely N-dealkylation sites (tertiary alicyclic amines) is 1. The predicted octanol–water partition coefficient (Wildman–Crippen LogP) is 3.14. The van der Waals surface area contributed by atoms with Crippen molar-refractivity contribution in [1.82, 2.24) is 9.80 Å². The van der Waals surface area contributed by atoms with Crippen molar-refractivity contribution in [2.75, 3.05) is 13.1 Å². The summed E-state index contributed by atoms with van der Waals surface area (Å²) in [5.41, 5.74) is 5.49. The molecular weight excluding hydrogens is 368 g/mol. The summed E-state index contributed by atoms with van der Waals surface area (Å²) in [6.45, 7) is 13.5. The van der Waals surface area contributed by atoms with E-state index in [4.69, 9.17) is 17.0 Å². The molecule has 29 heavy (non-hydrogen) atoms. The maximum absolute atomic E-state index is 13.3. The van der Waals surface area contributed by atoms with Crippen LogP contribution in [-0.4, -0.2) is 57.7 Å². The van der Waals surface area contributed by atoms with Gasteiger partial charge in [-0.05, 0) is 77.6 Å². The van der Waals surface area contributed by atoms with Crippen molar-refractivity contribution in [1.29, 1.82) is 0 Å². The number of amides is 2. The monoisotopic (exact) mass is 402 g/mol. The van der Waals surface area contributed by atoms with Gasteiger partial charge in [-0.2, -0.15) is 0 Å². The van der Waals surface area contributed by atoms with Crippen molar-refractivity contribution in [3.05, 3.63) is 11.4 Å². The summed E-state index contributed by atoms with van der Waals surface area (Å²) in [7, 11) is 0. The number of rotatable bonds is 3. The van der Waals surface area contributed by atoms with E-state index in [2.05, 4.69) is 4.85 Å². The first-order chi connectivity index (χ1) is 13.5. The largest absolute Gasteiger partial charge is 0.444 e. The minimum absolute atomic E-state index is 0.0174. The number of carbonyl (C=O) groups is 2. The molecule has 4 saturated carbocycles. The Morgan fingerprint density at radius 2 is 1.90 bits per heavy atom. The van der Waals surface area contributed by atoms with E-state index in [1.165, 1.54) is 6.42 Å². The van der Waals surface area contributed by atoms with Crippen molar-refractivity contribution < 1.29 is 14.3 Å². The van der Waals surface area contributed by atoms with E-state index in [1.807, 2.05) is 20.8 Å². The molecule has 0 aromatic rings. The van der Waals surface area contributed by atoms with Crippen LogP contribution in [0.1, 0.15) is 72.1 Å². The van der Waals surface area contributed by atoms with Gasteiger partial charge in [-0.15, -0.1) is 0 Å². The lowest BCUT2D eigenvalue weighted by atomic mass is 9.49. The van der Waals surface area contributed by atoms with E-state index in [9.17, 15) is 9.59 Å². The lowest BCUT2D eigenvalue weighted by Crippen LogP contribution is -2.70. The summed E-state index contributed by atoms with van der Waals surface area (Å²) < 4.78 is 5.75. The molecule has 7 heteroatoms. The summed E-state index contributed by atoms with van der Waals surface area (Å²) in [6.07, 6.45) is 6.50. The molecule has 0 radical (unpaired) electrons. The summed E-state index contributed by atoms with van der Waals surface area (Å²) in [6, 6.07) is 0. The van der Waals surface area contributed by atoms with Gasteiger partial charge in [0.25, 0.3) is 0 Å². The fourth-order valence-electron chi connectivity index (χ4n) is 6.74. The Hall–Kier alpha value is -1.81. The highest BCUT2D eigenvalue weighted by molar-refractivity contribution is 5.83. The first-order valence-electron chi connectivity index (χ1n) is 11.0. The molecule has 160 valence electrons. The Balaban J connectivity index is 1.62. The SMILES string of the molecule is [C-]#[N+][C@@H]1CCCN1C(=O)CN(C(=O)OC(C)(C)C)C12CC3CC(CC(N)(C3)C1)C2. The van der Waals surface area contributed by atoms with Crippen LogP contribution < -0.4 is 5.73 Å². The fraction of sp³-hybridized carbons (Fsp3) is 0.864. The van der Waals surface area contributed by atoms with E-state index in [0.717, 1.165) is 38.5 Å². The molecule has 0 spiro atoms. The second kappa shape index (κ2) is 6.87. The molecule has 5 aliphatic rings. The molecule has 1 saturated heterocycles. The topological polar surface area (TPSA) is 80.2 Å². The highest BCUT2D eigenvalue weighted by Gasteiger charge is 2.60. The van der Waals surface area contributed by atoms with Gasteiger partial charge >= 0.3 is 12.3 Å². The molecule has 1 aliphatic heterocycles. The third-order valence-corrected chi connectivity index (χ3v) is 7.25. The van der Waals surface area contributed by atoms with Crippen LogP contribution in [0, 0.1) is 18.4 Å². The van der Waals surface area contributed by atoms with E-state index < -0.39 is 23.4 Å². The number of carbonyl (C=O) groups excluding carboxylic acids is 2. The van der Waals surface area contributed by atoms with Crippen LogP contribution in [0.2, 0.25) is 0 Å². The zero-order valence-corrected chi connectivity index (χ0v) is 17.9. The van der Waals surface area contributed by atoms with Crippen molar-refractivity contribution in [2.24, 2.45) is 17.6 Å². The molecule has 5 fully saturated rings. The van der Waals surface area contributed by atoms with Gasteiger partial charge in [0, 0.05) is 24.0 Å². The highest BCUT2D eigenvalue weighted by Crippen LogP contribution is 2.58. The molecule has 3 atom stereocenters. The van der Waals surface area contributed by atoms with Gasteiger partial charge in [-0.1, -0.05) is 0 Å². The molecule has 2 unspecified atom stereocenters. The highest BCUT2D eigenvalue weighted by atomic mass is 16.6. The van der Waals surface area contributed by atoms with Gasteiger partial charge in [0.15, 0.2) is 0 Å². The van der Waals surface area contributed by atoms with Crippen LogP contribution in [0.5, 0.6) is 0 Å². The van der Waals surface area contributed by atoms with Crippen LogP contribution in [0.15, 0.2) is 0 Å². The van der Waals surface area contributed by atoms with Gasteiger partial charge in [0.1, 0.15) is 12.1 Å². The summed E-state index contributed by atoms with van der Waals surface area (Å²) in [4.78, 5) is 33.4. The van der Waals surface area contributed by atoms with Gasteiger partial charge in [0.2, 0.25) is 5.91 Å². The van der Waals surface area contributed by atoms with Crippen LogP contribution in [0.4, 0.5) is 4.79 Å². The van der Waals surface area contributed by atoms with Gasteiger partial charge in [-0.3, -0.25) is 19.4 Å². The van der Waals surface area contributed by atoms with Crippen molar-refractivity contribution in [2.45, 2.75) is 95.0 Å². The molecule has 1 heterocycles. The molecule has 2 amide bonds. The van der Waals surface area contributed by atoms with Gasteiger partial charge in [0.05, 0.1) is 0 Å². The number of ether oxygens (including phenoxy) is 1. The number of nitrogens with two attached hydrogens (primary N) is 1. The zero-order valence-electron chi connectivity index (χ0n) is 17.9. The van der Waals surface area contributed by atoms with Crippen molar-refractivity contribution >= 4 is 12.0 Å². The third-order valence-electron chi connectivity index (χ3n) is 7.25. The van der Waals surface area contributed by atoms with Gasteiger partial charge < -0.3 is 10.5 Å². The molecular formula is C22H34N4O3. The minimum Gasteiger partial charge on any atom is -0.444 e. The first-order valence-corrected chi connectivity index (χ1v) is 11.0. The average molecular weight is 403 g/mol. The molecule has 0 aromatic carbocycles. The predicted molar refractivity (Wildman–Crippen MR) is 109 cm³/mol. The van der Waals surface area contributed by atoms with Crippen LogP contribution in [0.3, 0.4) is 0 Å². The van der Waals surface area contributed by atoms with E-state index >= 15 is 0 Å². The normalized spacial score (nSPS) is 38.0. The Morgan fingerprint density at radius 3 is 2.45 bits per heavy atom. The summed E-state index contributed by atoms with van der Waals surface area (Å²) in [5, 5.41) is 0. The Labute approximate surface area is 173 Å². The summed E-state index contributed by atoms with van der Waals surface area (Å²) in [5.74, 6) is 0.893. The van der Waals surface area contributed by atoms with Crippen LogP contribution in [-0.2, 0) is 9.53 Å². The van der Waals surface area contributed by atoms with Crippen LogP contribution in [0.25, 0.3) is 4.85 Å². The second-order valence-corrected chi connectivity index (χ2v) is 11.0. The Kier molecular flexibility index (Phi) is 4.85. The van der Waals surface area contributed by atoms with Gasteiger partial charge in [-0.25, -0.2) is 11.4 Å². The lowest BCUT2D eigenvalue weighted by molar-refractivity contribution is -0.140. The lowest BCUT2D eigenvalue weighted by Gasteiger charge is -2.63. The van der Waals surface area contributed by atoms with Crippen molar-refractivity contribution in [3.8, 4) is 0 Å². The maximum Gasteiger partial charge on any atom is 0.411 e. The zero-order chi connectivity index (χ0) is 21.0. The number of nitrogens with zero attached hydrogens (tertiary/aromatic N) is 3. The minimum atomic E-state index is -0.631.